The summed E-state index contributed by atoms with van der Waals surface area (Å²) in [5, 5.41) is 5.23. The van der Waals surface area contributed by atoms with E-state index in [4.69, 9.17) is 4.74 Å². The first kappa shape index (κ1) is 19.3. The molecule has 0 saturated carbocycles. The predicted molar refractivity (Wildman–Crippen MR) is 112 cm³/mol. The molecule has 0 radical (unpaired) electrons. The maximum absolute atomic E-state index is 12.8. The van der Waals surface area contributed by atoms with E-state index in [9.17, 15) is 13.2 Å². The van der Waals surface area contributed by atoms with Gasteiger partial charge in [0.1, 0.15) is 10.8 Å². The minimum atomic E-state index is -3.76. The summed E-state index contributed by atoms with van der Waals surface area (Å²) in [5.74, 6) is 0.419. The van der Waals surface area contributed by atoms with Crippen LogP contribution in [0.5, 0.6) is 5.75 Å². The number of ether oxygens (including phenoxy) is 1. The number of hydrogen-bond acceptors (Lipinski definition) is 6. The van der Waals surface area contributed by atoms with Crippen molar-refractivity contribution in [2.75, 3.05) is 12.4 Å². The molecule has 0 aliphatic carbocycles. The second kappa shape index (κ2) is 7.78. The zero-order valence-electron chi connectivity index (χ0n) is 15.4. The Bertz CT molecular complexity index is 1180. The number of benzene rings is 2. The summed E-state index contributed by atoms with van der Waals surface area (Å²) in [5.41, 5.74) is 2.31. The number of carbonyl (C=O) groups is 1. The highest BCUT2D eigenvalue weighted by Crippen LogP contribution is 2.35. The number of aromatic nitrogens is 1. The van der Waals surface area contributed by atoms with E-state index in [2.05, 4.69) is 15.0 Å². The van der Waals surface area contributed by atoms with Crippen LogP contribution in [0, 0.1) is 0 Å². The van der Waals surface area contributed by atoms with Gasteiger partial charge in [-0.3, -0.25) is 4.79 Å². The van der Waals surface area contributed by atoms with Gasteiger partial charge in [0.05, 0.1) is 17.6 Å². The molecule has 2 N–H and O–H groups in total. The van der Waals surface area contributed by atoms with Crippen molar-refractivity contribution >= 4 is 44.6 Å². The fraction of sp³-hybridized carbons (Fsp3) is 0.100. The molecule has 0 unspecified atom stereocenters. The van der Waals surface area contributed by atoms with Gasteiger partial charge in [0.2, 0.25) is 10.0 Å². The van der Waals surface area contributed by atoms with Gasteiger partial charge in [-0.05, 0) is 42.0 Å². The Morgan fingerprint density at radius 1 is 1.21 bits per heavy atom. The molecule has 0 bridgehead atoms. The van der Waals surface area contributed by atoms with Crippen molar-refractivity contribution in [3.63, 3.8) is 0 Å². The second-order valence-corrected chi connectivity index (χ2v) is 8.96. The number of fused-ring (bicyclic) bond motifs is 1. The number of amides is 1. The van der Waals surface area contributed by atoms with Crippen molar-refractivity contribution in [3.8, 4) is 5.75 Å². The van der Waals surface area contributed by atoms with Gasteiger partial charge >= 0.3 is 0 Å². The predicted octanol–water partition coefficient (Wildman–Crippen LogP) is 3.12. The number of thiazole rings is 1. The van der Waals surface area contributed by atoms with Crippen molar-refractivity contribution in [1.29, 1.82) is 0 Å². The van der Waals surface area contributed by atoms with Gasteiger partial charge in [-0.1, -0.05) is 12.1 Å². The molecule has 2 aromatic carbocycles. The highest BCUT2D eigenvalue weighted by Gasteiger charge is 2.27. The average Bonchev–Trinajstić information content (AvgIpc) is 3.35. The molecule has 7 nitrogen and oxygen atoms in total. The third-order valence-electron chi connectivity index (χ3n) is 4.43. The van der Waals surface area contributed by atoms with Gasteiger partial charge in [-0.15, -0.1) is 11.3 Å². The van der Waals surface area contributed by atoms with E-state index in [-0.39, 0.29) is 17.3 Å². The number of carbonyl (C=O) groups excluding carboxylic acids is 1. The van der Waals surface area contributed by atoms with E-state index < -0.39 is 10.0 Å². The van der Waals surface area contributed by atoms with Crippen LogP contribution in [0.2, 0.25) is 0 Å². The van der Waals surface area contributed by atoms with Gasteiger partial charge < -0.3 is 10.1 Å². The zero-order chi connectivity index (χ0) is 20.4. The third kappa shape index (κ3) is 4.07. The monoisotopic (exact) mass is 427 g/mol. The molecule has 1 amide bonds. The molecule has 4 rings (SSSR count). The van der Waals surface area contributed by atoms with E-state index in [1.165, 1.54) is 23.5 Å². The van der Waals surface area contributed by atoms with Gasteiger partial charge in [0.25, 0.3) is 5.91 Å². The van der Waals surface area contributed by atoms with Gasteiger partial charge in [0.15, 0.2) is 0 Å². The molecule has 0 spiro atoms. The van der Waals surface area contributed by atoms with Crippen molar-refractivity contribution in [2.45, 2.75) is 11.4 Å². The van der Waals surface area contributed by atoms with E-state index in [1.54, 1.807) is 49.7 Å². The first-order valence-electron chi connectivity index (χ1n) is 8.66. The van der Waals surface area contributed by atoms with Gasteiger partial charge in [-0.2, -0.15) is 0 Å². The molecule has 0 fully saturated rings. The van der Waals surface area contributed by atoms with Crippen molar-refractivity contribution in [1.82, 2.24) is 9.71 Å². The molecule has 29 heavy (non-hydrogen) atoms. The molecule has 9 heteroatoms. The Kier molecular flexibility index (Phi) is 5.18. The Labute approximate surface area is 172 Å². The lowest BCUT2D eigenvalue weighted by Crippen LogP contribution is -2.23. The number of sulfonamides is 1. The van der Waals surface area contributed by atoms with E-state index >= 15 is 0 Å². The summed E-state index contributed by atoms with van der Waals surface area (Å²) in [4.78, 5) is 16.5. The van der Waals surface area contributed by atoms with E-state index in [0.717, 1.165) is 5.56 Å². The molecule has 148 valence electrons. The van der Waals surface area contributed by atoms with Crippen LogP contribution in [0.3, 0.4) is 0 Å². The second-order valence-electron chi connectivity index (χ2n) is 6.26. The van der Waals surface area contributed by atoms with Crippen LogP contribution in [-0.2, 0) is 21.4 Å². The number of nitrogens with zero attached hydrogens (tertiary/aromatic N) is 1. The first-order valence-corrected chi connectivity index (χ1v) is 11.0. The summed E-state index contributed by atoms with van der Waals surface area (Å²) in [6, 6.07) is 11.7. The molecule has 1 aromatic heterocycles. The molecule has 0 saturated heterocycles. The standard InChI is InChI=1S/C20H17N3O4S2/c1-27-14-4-2-13(3-5-14)12-22-29(25,26)15-6-7-18-16(10-15)17(20(24)23-18)11-19-21-8-9-28-19/h2-11,22H,12H2,1H3,(H,23,24)/b17-11+. The molecule has 1 aliphatic heterocycles. The lowest BCUT2D eigenvalue weighted by Gasteiger charge is -2.09. The van der Waals surface area contributed by atoms with Gasteiger partial charge in [-0.25, -0.2) is 18.1 Å². The Balaban J connectivity index is 1.59. The lowest BCUT2D eigenvalue weighted by molar-refractivity contribution is -0.110. The zero-order valence-corrected chi connectivity index (χ0v) is 17.0. The summed E-state index contributed by atoms with van der Waals surface area (Å²) in [6.07, 6.45) is 3.31. The number of anilines is 1. The quantitative estimate of drug-likeness (QED) is 0.589. The van der Waals surface area contributed by atoms with Crippen molar-refractivity contribution in [2.24, 2.45) is 0 Å². The van der Waals surface area contributed by atoms with Crippen LogP contribution in [0.25, 0.3) is 11.6 Å². The lowest BCUT2D eigenvalue weighted by atomic mass is 10.1. The fourth-order valence-electron chi connectivity index (χ4n) is 2.91. The largest absolute Gasteiger partial charge is 0.497 e. The topological polar surface area (TPSA) is 97.4 Å². The van der Waals surface area contributed by atoms with Gasteiger partial charge in [0, 0.05) is 29.4 Å². The van der Waals surface area contributed by atoms with Crippen LogP contribution in [-0.4, -0.2) is 26.4 Å². The highest BCUT2D eigenvalue weighted by atomic mass is 32.2. The van der Waals surface area contributed by atoms with Crippen molar-refractivity contribution < 1.29 is 17.9 Å². The van der Waals surface area contributed by atoms with Crippen LogP contribution in [0.1, 0.15) is 16.1 Å². The van der Waals surface area contributed by atoms with Crippen LogP contribution >= 0.6 is 11.3 Å². The smallest absolute Gasteiger partial charge is 0.256 e. The highest BCUT2D eigenvalue weighted by molar-refractivity contribution is 7.89. The number of nitrogens with one attached hydrogen (secondary N) is 2. The van der Waals surface area contributed by atoms with Crippen LogP contribution in [0.15, 0.2) is 58.9 Å². The normalized spacial score (nSPS) is 14.7. The van der Waals surface area contributed by atoms with Crippen molar-refractivity contribution in [3.05, 3.63) is 70.2 Å². The first-order chi connectivity index (χ1) is 14.0. The molecule has 1 aliphatic rings. The Hall–Kier alpha value is -3.01. The SMILES string of the molecule is COc1ccc(CNS(=O)(=O)c2ccc3c(c2)/C(=C\c2nccs2)C(=O)N3)cc1. The number of rotatable bonds is 6. The van der Waals surface area contributed by atoms with Crippen LogP contribution < -0.4 is 14.8 Å². The van der Waals surface area contributed by atoms with E-state index in [0.29, 0.717) is 27.6 Å². The summed E-state index contributed by atoms with van der Waals surface area (Å²) in [6.45, 7) is 0.141. The maximum atomic E-state index is 12.8. The Morgan fingerprint density at radius 3 is 2.69 bits per heavy atom. The molecule has 2 heterocycles. The number of methoxy groups -OCH3 is 1. The van der Waals surface area contributed by atoms with Crippen LogP contribution in [0.4, 0.5) is 5.69 Å². The maximum Gasteiger partial charge on any atom is 0.256 e. The number of hydrogen-bond donors (Lipinski definition) is 2. The molecule has 3 aromatic rings. The summed E-state index contributed by atoms with van der Waals surface area (Å²) >= 11 is 1.40. The average molecular weight is 428 g/mol. The summed E-state index contributed by atoms with van der Waals surface area (Å²) in [7, 11) is -2.19. The Morgan fingerprint density at radius 2 is 2.00 bits per heavy atom. The van der Waals surface area contributed by atoms with E-state index in [1.807, 2.05) is 5.38 Å². The fourth-order valence-corrected chi connectivity index (χ4v) is 4.52. The summed E-state index contributed by atoms with van der Waals surface area (Å²) < 4.78 is 33.2. The molecular weight excluding hydrogens is 410 g/mol. The minimum absolute atomic E-state index is 0.0892. The molecular formula is C20H17N3O4S2. The molecule has 0 atom stereocenters. The minimum Gasteiger partial charge on any atom is -0.497 e. The third-order valence-corrected chi connectivity index (χ3v) is 6.55.